The number of nitrogens with one attached hydrogen (secondary N) is 3. The Bertz CT molecular complexity index is 1230. The maximum atomic E-state index is 12.7. The summed E-state index contributed by atoms with van der Waals surface area (Å²) >= 11 is 0. The number of aromatic amines is 1. The van der Waals surface area contributed by atoms with Crippen LogP contribution in [0.4, 0.5) is 11.5 Å². The van der Waals surface area contributed by atoms with Crippen LogP contribution in [0.25, 0.3) is 22.4 Å². The van der Waals surface area contributed by atoms with Crippen molar-refractivity contribution in [1.82, 2.24) is 15.0 Å². The van der Waals surface area contributed by atoms with Gasteiger partial charge in [-0.1, -0.05) is 32.1 Å². The Morgan fingerprint density at radius 2 is 1.69 bits per heavy atom. The van der Waals surface area contributed by atoms with E-state index < -0.39 is 0 Å². The van der Waals surface area contributed by atoms with Gasteiger partial charge in [0.25, 0.3) is 0 Å². The predicted molar refractivity (Wildman–Crippen MR) is 137 cm³/mol. The van der Waals surface area contributed by atoms with E-state index in [4.69, 9.17) is 4.98 Å². The zero-order chi connectivity index (χ0) is 23.8. The number of aromatic nitrogens is 3. The molecule has 0 aliphatic heterocycles. The van der Waals surface area contributed by atoms with Crippen molar-refractivity contribution in [2.45, 2.75) is 64.2 Å². The first-order valence-electron chi connectivity index (χ1n) is 13.2. The minimum atomic E-state index is 0.0672. The van der Waals surface area contributed by atoms with Crippen molar-refractivity contribution < 1.29 is 9.59 Å². The molecule has 7 nitrogen and oxygen atoms in total. The first kappa shape index (κ1) is 22.3. The smallest absolute Gasteiger partial charge is 0.228 e. The number of rotatable bonds is 5. The normalized spacial score (nSPS) is 24.4. The number of anilines is 2. The Balaban J connectivity index is 1.12. The summed E-state index contributed by atoms with van der Waals surface area (Å²) in [6.45, 7) is 0. The zero-order valence-corrected chi connectivity index (χ0v) is 20.1. The minimum Gasteiger partial charge on any atom is -0.337 e. The van der Waals surface area contributed by atoms with E-state index in [2.05, 4.69) is 20.6 Å². The van der Waals surface area contributed by atoms with Gasteiger partial charge in [-0.15, -0.1) is 0 Å². The van der Waals surface area contributed by atoms with Crippen LogP contribution in [0.1, 0.15) is 64.2 Å². The molecule has 3 unspecified atom stereocenters. The number of carbonyl (C=O) groups is 2. The number of fused-ring (bicyclic) bond motifs is 3. The summed E-state index contributed by atoms with van der Waals surface area (Å²) in [7, 11) is 0. The van der Waals surface area contributed by atoms with E-state index in [0.29, 0.717) is 11.7 Å². The molecule has 6 rings (SSSR count). The molecular weight excluding hydrogens is 438 g/mol. The number of pyridine rings is 1. The van der Waals surface area contributed by atoms with Crippen molar-refractivity contribution in [3.8, 4) is 11.4 Å². The first-order chi connectivity index (χ1) is 17.1. The lowest BCUT2D eigenvalue weighted by Gasteiger charge is -2.20. The third-order valence-corrected chi connectivity index (χ3v) is 8.35. The fourth-order valence-corrected chi connectivity index (χ4v) is 6.40. The van der Waals surface area contributed by atoms with Gasteiger partial charge in [0.15, 0.2) is 0 Å². The van der Waals surface area contributed by atoms with Crippen LogP contribution in [-0.4, -0.2) is 26.8 Å². The lowest BCUT2D eigenvalue weighted by atomic mass is 9.88. The van der Waals surface area contributed by atoms with Gasteiger partial charge in [-0.3, -0.25) is 9.59 Å². The van der Waals surface area contributed by atoms with Crippen LogP contribution in [0, 0.1) is 23.7 Å². The van der Waals surface area contributed by atoms with Gasteiger partial charge in [-0.25, -0.2) is 9.97 Å². The molecule has 0 saturated heterocycles. The van der Waals surface area contributed by atoms with Crippen molar-refractivity contribution in [1.29, 1.82) is 0 Å². The first-order valence-corrected chi connectivity index (χ1v) is 13.2. The highest BCUT2D eigenvalue weighted by Crippen LogP contribution is 2.48. The molecule has 3 N–H and O–H groups in total. The third kappa shape index (κ3) is 4.68. The number of benzene rings is 1. The van der Waals surface area contributed by atoms with E-state index in [1.54, 1.807) is 6.20 Å². The van der Waals surface area contributed by atoms with E-state index in [9.17, 15) is 9.59 Å². The highest BCUT2D eigenvalue weighted by molar-refractivity contribution is 5.94. The second-order valence-corrected chi connectivity index (χ2v) is 10.7. The van der Waals surface area contributed by atoms with Crippen LogP contribution in [0.2, 0.25) is 0 Å². The van der Waals surface area contributed by atoms with Gasteiger partial charge < -0.3 is 15.6 Å². The van der Waals surface area contributed by atoms with Gasteiger partial charge in [0.2, 0.25) is 11.8 Å². The molecule has 2 bridgehead atoms. The number of H-pyrrole nitrogens is 1. The van der Waals surface area contributed by atoms with Crippen molar-refractivity contribution in [3.05, 3.63) is 36.5 Å². The largest absolute Gasteiger partial charge is 0.337 e. The quantitative estimate of drug-likeness (QED) is 0.403. The van der Waals surface area contributed by atoms with Crippen LogP contribution < -0.4 is 10.6 Å². The van der Waals surface area contributed by atoms with Crippen LogP contribution in [0.3, 0.4) is 0 Å². The molecule has 2 amide bonds. The summed E-state index contributed by atoms with van der Waals surface area (Å²) in [5.41, 5.74) is 3.34. The molecule has 2 aromatic heterocycles. The monoisotopic (exact) mass is 471 g/mol. The molecule has 3 aliphatic rings. The topological polar surface area (TPSA) is 99.8 Å². The SMILES string of the molecule is O=C(Nc1cc2nc(-c3ccc(NC(=O)C4CC5CCC4C5)cc3)[nH]c2cn1)C1CCCCCC1. The van der Waals surface area contributed by atoms with Gasteiger partial charge in [-0.05, 0) is 68.2 Å². The Kier molecular flexibility index (Phi) is 6.00. The Morgan fingerprint density at radius 1 is 0.886 bits per heavy atom. The summed E-state index contributed by atoms with van der Waals surface area (Å²) in [6, 6.07) is 9.63. The molecule has 3 atom stereocenters. The molecule has 182 valence electrons. The molecule has 3 saturated carbocycles. The fraction of sp³-hybridized carbons (Fsp3) is 0.500. The summed E-state index contributed by atoms with van der Waals surface area (Å²) in [4.78, 5) is 37.9. The van der Waals surface area contributed by atoms with E-state index in [1.165, 1.54) is 32.1 Å². The molecule has 3 fully saturated rings. The standard InChI is InChI=1S/C28H33N5O2/c34-27(19-5-3-1-2-4-6-19)33-25-15-23-24(16-29-25)32-26(31-23)18-9-11-21(12-10-18)30-28(35)22-14-17-7-8-20(22)13-17/h9-12,15-17,19-20,22H,1-8,13-14H2,(H,30,35)(H,31,32)(H,29,33,34). The van der Waals surface area contributed by atoms with Crippen molar-refractivity contribution in [2.24, 2.45) is 23.7 Å². The Hall–Kier alpha value is -3.22. The Labute approximate surface area is 205 Å². The Morgan fingerprint density at radius 3 is 2.40 bits per heavy atom. The number of hydrogen-bond acceptors (Lipinski definition) is 4. The second-order valence-electron chi connectivity index (χ2n) is 10.7. The molecule has 7 heteroatoms. The van der Waals surface area contributed by atoms with Crippen LogP contribution >= 0.6 is 0 Å². The lowest BCUT2D eigenvalue weighted by Crippen LogP contribution is -2.27. The predicted octanol–water partition coefficient (Wildman–Crippen LogP) is 5.91. The fourth-order valence-electron chi connectivity index (χ4n) is 6.40. The molecule has 35 heavy (non-hydrogen) atoms. The molecule has 0 spiro atoms. The number of carbonyl (C=O) groups excluding carboxylic acids is 2. The molecule has 1 aromatic carbocycles. The highest BCUT2D eigenvalue weighted by atomic mass is 16.2. The van der Waals surface area contributed by atoms with Crippen molar-refractivity contribution in [3.63, 3.8) is 0 Å². The van der Waals surface area contributed by atoms with E-state index in [1.807, 2.05) is 30.3 Å². The summed E-state index contributed by atoms with van der Waals surface area (Å²) in [5, 5.41) is 6.11. The van der Waals surface area contributed by atoms with Gasteiger partial charge in [0, 0.05) is 29.2 Å². The summed E-state index contributed by atoms with van der Waals surface area (Å²) in [5.74, 6) is 3.09. The zero-order valence-electron chi connectivity index (χ0n) is 20.1. The molecule has 3 aliphatic carbocycles. The number of hydrogen-bond donors (Lipinski definition) is 3. The van der Waals surface area contributed by atoms with Crippen LogP contribution in [-0.2, 0) is 9.59 Å². The molecule has 2 heterocycles. The minimum absolute atomic E-state index is 0.0672. The van der Waals surface area contributed by atoms with Gasteiger partial charge in [0.05, 0.1) is 17.2 Å². The van der Waals surface area contributed by atoms with E-state index >= 15 is 0 Å². The number of amides is 2. The van der Waals surface area contributed by atoms with Crippen molar-refractivity contribution >= 4 is 34.4 Å². The highest BCUT2D eigenvalue weighted by Gasteiger charge is 2.43. The average Bonchev–Trinajstić information content (AvgIpc) is 3.55. The van der Waals surface area contributed by atoms with Gasteiger partial charge >= 0.3 is 0 Å². The number of nitrogens with zero attached hydrogens (tertiary/aromatic N) is 2. The van der Waals surface area contributed by atoms with E-state index in [-0.39, 0.29) is 23.7 Å². The molecule has 3 aromatic rings. The average molecular weight is 472 g/mol. The second kappa shape index (κ2) is 9.44. The maximum absolute atomic E-state index is 12.7. The number of imidazole rings is 1. The van der Waals surface area contributed by atoms with Crippen LogP contribution in [0.5, 0.6) is 0 Å². The molecular formula is C28H33N5O2. The van der Waals surface area contributed by atoms with Crippen LogP contribution in [0.15, 0.2) is 36.5 Å². The third-order valence-electron chi connectivity index (χ3n) is 8.35. The maximum Gasteiger partial charge on any atom is 0.228 e. The van der Waals surface area contributed by atoms with Gasteiger partial charge in [-0.2, -0.15) is 0 Å². The lowest BCUT2D eigenvalue weighted by molar-refractivity contribution is -0.121. The summed E-state index contributed by atoms with van der Waals surface area (Å²) < 4.78 is 0. The molecule has 0 radical (unpaired) electrons. The summed E-state index contributed by atoms with van der Waals surface area (Å²) in [6.07, 6.45) is 13.1. The van der Waals surface area contributed by atoms with Crippen molar-refractivity contribution in [2.75, 3.05) is 10.6 Å². The van der Waals surface area contributed by atoms with Gasteiger partial charge in [0.1, 0.15) is 11.6 Å². The van der Waals surface area contributed by atoms with E-state index in [0.717, 1.165) is 66.1 Å².